The maximum Gasteiger partial charge on any atom is 1.00 e. The van der Waals surface area contributed by atoms with Crippen LogP contribution in [0, 0.1) is 6.92 Å². The first-order valence-corrected chi connectivity index (χ1v) is 4.15. The summed E-state index contributed by atoms with van der Waals surface area (Å²) in [5.41, 5.74) is 0. The van der Waals surface area contributed by atoms with Crippen LogP contribution in [0.4, 0.5) is 0 Å². The van der Waals surface area contributed by atoms with Gasteiger partial charge in [-0.25, -0.2) is 0 Å². The second-order valence-corrected chi connectivity index (χ2v) is 5.05. The van der Waals surface area contributed by atoms with Gasteiger partial charge in [-0.2, -0.15) is 6.42 Å². The summed E-state index contributed by atoms with van der Waals surface area (Å²) in [7, 11) is 0.608. The predicted molar refractivity (Wildman–Crippen MR) is 41.4 cm³/mol. The third kappa shape index (κ3) is 11.6. The predicted octanol–water partition coefficient (Wildman–Crippen LogP) is -0.931. The van der Waals surface area contributed by atoms with E-state index in [1.54, 1.807) is 0 Å². The van der Waals surface area contributed by atoms with Crippen molar-refractivity contribution in [1.29, 1.82) is 0 Å². The SMILES string of the molecule is [CH2-]CCO[Si]C(C)(C)C.[Li+]. The van der Waals surface area contributed by atoms with Crippen molar-refractivity contribution in [2.45, 2.75) is 32.2 Å². The molecule has 2 radical (unpaired) electrons. The molecule has 0 aliphatic carbocycles. The minimum absolute atomic E-state index is 0. The van der Waals surface area contributed by atoms with E-state index in [1.807, 2.05) is 0 Å². The van der Waals surface area contributed by atoms with Crippen LogP contribution in [0.3, 0.4) is 0 Å². The summed E-state index contributed by atoms with van der Waals surface area (Å²) in [5.74, 6) is 0. The molecule has 0 N–H and O–H groups in total. The van der Waals surface area contributed by atoms with Gasteiger partial charge in [0.1, 0.15) is 0 Å². The van der Waals surface area contributed by atoms with Crippen molar-refractivity contribution in [1.82, 2.24) is 0 Å². The van der Waals surface area contributed by atoms with Crippen molar-refractivity contribution in [3.05, 3.63) is 6.92 Å². The van der Waals surface area contributed by atoms with Crippen LogP contribution in [0.2, 0.25) is 5.04 Å². The molecule has 0 saturated heterocycles. The van der Waals surface area contributed by atoms with Crippen molar-refractivity contribution < 1.29 is 23.3 Å². The average molecular weight is 150 g/mol. The van der Waals surface area contributed by atoms with E-state index in [4.69, 9.17) is 4.43 Å². The van der Waals surface area contributed by atoms with Gasteiger partial charge in [0.15, 0.2) is 0 Å². The van der Waals surface area contributed by atoms with Gasteiger partial charge in [-0.1, -0.05) is 20.8 Å². The second kappa shape index (κ2) is 6.48. The van der Waals surface area contributed by atoms with Gasteiger partial charge in [-0.3, -0.25) is 0 Å². The molecule has 3 heteroatoms. The molecule has 0 amide bonds. The van der Waals surface area contributed by atoms with Gasteiger partial charge in [0.2, 0.25) is 9.76 Å². The van der Waals surface area contributed by atoms with Crippen LogP contribution < -0.4 is 18.9 Å². The average Bonchev–Trinajstić information content (AvgIpc) is 1.63. The van der Waals surface area contributed by atoms with Gasteiger partial charge in [-0.05, 0) is 5.04 Å². The number of rotatable bonds is 3. The Morgan fingerprint density at radius 2 is 1.90 bits per heavy atom. The van der Waals surface area contributed by atoms with Gasteiger partial charge in [-0.15, -0.1) is 0 Å². The van der Waals surface area contributed by atoms with E-state index in [2.05, 4.69) is 27.7 Å². The molecule has 0 aromatic rings. The summed E-state index contributed by atoms with van der Waals surface area (Å²) in [4.78, 5) is 0. The molecule has 0 bridgehead atoms. The molecule has 0 aromatic carbocycles. The van der Waals surface area contributed by atoms with Crippen LogP contribution in [0.15, 0.2) is 0 Å². The molecule has 0 atom stereocenters. The summed E-state index contributed by atoms with van der Waals surface area (Å²) < 4.78 is 5.31. The largest absolute Gasteiger partial charge is 1.00 e. The Labute approximate surface area is 79.0 Å². The summed E-state index contributed by atoms with van der Waals surface area (Å²) in [5, 5.41) is 0.329. The molecule has 0 spiro atoms. The summed E-state index contributed by atoms with van der Waals surface area (Å²) in [6, 6.07) is 0. The van der Waals surface area contributed by atoms with Gasteiger partial charge in [0.25, 0.3) is 0 Å². The summed E-state index contributed by atoms with van der Waals surface area (Å²) in [6.45, 7) is 11.0. The molecular weight excluding hydrogens is 135 g/mol. The van der Waals surface area contributed by atoms with Gasteiger partial charge in [0, 0.05) is 6.61 Å². The number of hydrogen-bond donors (Lipinski definition) is 0. The Morgan fingerprint density at radius 1 is 1.40 bits per heavy atom. The van der Waals surface area contributed by atoms with Crippen molar-refractivity contribution in [2.75, 3.05) is 6.61 Å². The summed E-state index contributed by atoms with van der Waals surface area (Å²) >= 11 is 0. The molecular formula is C7H15LiOSi. The molecule has 0 aliphatic rings. The smallest absolute Gasteiger partial charge is 0.420 e. The van der Waals surface area contributed by atoms with Crippen LogP contribution in [0.1, 0.15) is 27.2 Å². The zero-order valence-electron chi connectivity index (χ0n) is 7.53. The van der Waals surface area contributed by atoms with E-state index in [0.717, 1.165) is 13.0 Å². The van der Waals surface area contributed by atoms with Crippen LogP contribution >= 0.6 is 0 Å². The van der Waals surface area contributed by atoms with E-state index in [-0.39, 0.29) is 18.9 Å². The van der Waals surface area contributed by atoms with E-state index in [9.17, 15) is 0 Å². The minimum Gasteiger partial charge on any atom is -0.420 e. The standard InChI is InChI=1S/C7H15OSi.Li/c1-5-6-8-9-7(2,3)4;/h1,5-6H2,2-4H3;/q-1;+1. The zero-order chi connectivity index (χ0) is 7.33. The maximum atomic E-state index is 5.31. The molecule has 0 rings (SSSR count). The summed E-state index contributed by atoms with van der Waals surface area (Å²) in [6.07, 6.45) is 0.878. The van der Waals surface area contributed by atoms with E-state index in [1.165, 1.54) is 0 Å². The first-order valence-electron chi connectivity index (χ1n) is 3.24. The molecule has 0 saturated carbocycles. The van der Waals surface area contributed by atoms with E-state index >= 15 is 0 Å². The molecule has 0 aliphatic heterocycles. The Bertz CT molecular complexity index is 70.5. The Hall–Kier alpha value is 0.774. The molecule has 0 fully saturated rings. The molecule has 10 heavy (non-hydrogen) atoms. The van der Waals surface area contributed by atoms with Crippen molar-refractivity contribution in [2.24, 2.45) is 0 Å². The zero-order valence-corrected chi connectivity index (χ0v) is 8.53. The quantitative estimate of drug-likeness (QED) is 0.287. The van der Waals surface area contributed by atoms with Gasteiger partial charge >= 0.3 is 18.9 Å². The van der Waals surface area contributed by atoms with Crippen molar-refractivity contribution >= 4 is 9.76 Å². The Balaban J connectivity index is 0. The van der Waals surface area contributed by atoms with Crippen molar-refractivity contribution in [3.8, 4) is 0 Å². The Kier molecular flexibility index (Phi) is 8.67. The first kappa shape index (κ1) is 13.4. The van der Waals surface area contributed by atoms with Crippen LogP contribution in [-0.4, -0.2) is 16.4 Å². The van der Waals surface area contributed by atoms with Gasteiger partial charge < -0.3 is 11.3 Å². The molecule has 0 aromatic heterocycles. The van der Waals surface area contributed by atoms with Crippen LogP contribution in [-0.2, 0) is 4.43 Å². The first-order chi connectivity index (χ1) is 4.06. The van der Waals surface area contributed by atoms with Crippen LogP contribution in [0.25, 0.3) is 0 Å². The minimum atomic E-state index is 0. The number of hydrogen-bond acceptors (Lipinski definition) is 1. The molecule has 0 unspecified atom stereocenters. The fourth-order valence-corrected chi connectivity index (χ4v) is 1.02. The fourth-order valence-electron chi connectivity index (χ4n) is 0.340. The van der Waals surface area contributed by atoms with Gasteiger partial charge in [0.05, 0.1) is 0 Å². The monoisotopic (exact) mass is 150 g/mol. The fraction of sp³-hybridized carbons (Fsp3) is 0.857. The third-order valence-electron chi connectivity index (χ3n) is 0.625. The van der Waals surface area contributed by atoms with Crippen LogP contribution in [0.5, 0.6) is 0 Å². The van der Waals surface area contributed by atoms with E-state index in [0.29, 0.717) is 14.8 Å². The second-order valence-electron chi connectivity index (χ2n) is 3.05. The van der Waals surface area contributed by atoms with E-state index < -0.39 is 0 Å². The third-order valence-corrected chi connectivity index (χ3v) is 1.59. The molecule has 1 nitrogen and oxygen atoms in total. The molecule has 0 heterocycles. The topological polar surface area (TPSA) is 9.23 Å². The Morgan fingerprint density at radius 3 is 2.20 bits per heavy atom. The van der Waals surface area contributed by atoms with Crippen molar-refractivity contribution in [3.63, 3.8) is 0 Å². The normalized spacial score (nSPS) is 10.8. The molecule has 54 valence electrons. The maximum absolute atomic E-state index is 5.31.